The summed E-state index contributed by atoms with van der Waals surface area (Å²) < 4.78 is 28.6. The smallest absolute Gasteiger partial charge is 0.301 e. The molecule has 4 N–H and O–H groups in total. The molecule has 0 spiro atoms. The van der Waals surface area contributed by atoms with Crippen LogP contribution in [0.25, 0.3) is 0 Å². The second-order valence-electron chi connectivity index (χ2n) is 4.39. The number of hydrogen-bond donors (Lipinski definition) is 3. The molecule has 7 nitrogen and oxygen atoms in total. The van der Waals surface area contributed by atoms with Crippen LogP contribution in [0.4, 0.5) is 5.69 Å². The molecule has 0 aliphatic carbocycles. The summed E-state index contributed by atoms with van der Waals surface area (Å²) in [5.74, 6) is -0.184. The molecular weight excluding hydrogens is 348 g/mol. The molecule has 1 aromatic rings. The van der Waals surface area contributed by atoms with Gasteiger partial charge in [-0.3, -0.25) is 4.72 Å². The Bertz CT molecular complexity index is 616. The van der Waals surface area contributed by atoms with Crippen molar-refractivity contribution in [2.24, 2.45) is 10.9 Å². The maximum atomic E-state index is 12.1. The second kappa shape index (κ2) is 6.42. The van der Waals surface area contributed by atoms with Gasteiger partial charge in [-0.25, -0.2) is 0 Å². The summed E-state index contributed by atoms with van der Waals surface area (Å²) >= 11 is 3.25. The van der Waals surface area contributed by atoms with Crippen LogP contribution in [0.3, 0.4) is 0 Å². The van der Waals surface area contributed by atoms with Crippen molar-refractivity contribution in [3.05, 3.63) is 28.2 Å². The van der Waals surface area contributed by atoms with Crippen molar-refractivity contribution in [2.45, 2.75) is 19.9 Å². The predicted molar refractivity (Wildman–Crippen MR) is 82.1 cm³/mol. The first-order valence-electron chi connectivity index (χ1n) is 5.72. The van der Waals surface area contributed by atoms with E-state index in [9.17, 15) is 8.42 Å². The number of amidine groups is 1. The zero-order valence-electron chi connectivity index (χ0n) is 11.3. The molecule has 9 heteroatoms. The van der Waals surface area contributed by atoms with Gasteiger partial charge in [-0.2, -0.15) is 12.7 Å². The van der Waals surface area contributed by atoms with E-state index in [1.165, 1.54) is 17.4 Å². The minimum absolute atomic E-state index is 0.184. The normalized spacial score (nSPS) is 13.0. The Morgan fingerprint density at radius 2 is 2.10 bits per heavy atom. The lowest BCUT2D eigenvalue weighted by molar-refractivity contribution is 0.318. The molecule has 0 aliphatic rings. The zero-order valence-corrected chi connectivity index (χ0v) is 13.7. The molecule has 112 valence electrons. The summed E-state index contributed by atoms with van der Waals surface area (Å²) in [5.41, 5.74) is 6.06. The molecule has 0 aromatic heterocycles. The largest absolute Gasteiger partial charge is 0.409 e. The van der Waals surface area contributed by atoms with Crippen LogP contribution >= 0.6 is 15.9 Å². The third-order valence-corrected chi connectivity index (χ3v) is 4.86. The maximum absolute atomic E-state index is 12.1. The lowest BCUT2D eigenvalue weighted by atomic mass is 10.2. The number of anilines is 1. The quantitative estimate of drug-likeness (QED) is 0.318. The highest BCUT2D eigenvalue weighted by molar-refractivity contribution is 9.10. The summed E-state index contributed by atoms with van der Waals surface area (Å²) in [7, 11) is -2.25. The van der Waals surface area contributed by atoms with Crippen molar-refractivity contribution in [3.63, 3.8) is 0 Å². The van der Waals surface area contributed by atoms with Gasteiger partial charge in [0.05, 0.1) is 5.69 Å². The number of benzene rings is 1. The molecule has 1 rings (SSSR count). The number of nitrogens with one attached hydrogen (secondary N) is 1. The van der Waals surface area contributed by atoms with Gasteiger partial charge in [0, 0.05) is 23.1 Å². The van der Waals surface area contributed by atoms with E-state index in [2.05, 4.69) is 25.8 Å². The van der Waals surface area contributed by atoms with Gasteiger partial charge < -0.3 is 10.9 Å². The highest BCUT2D eigenvalue weighted by atomic mass is 79.9. The van der Waals surface area contributed by atoms with Gasteiger partial charge in [0.2, 0.25) is 0 Å². The van der Waals surface area contributed by atoms with Crippen LogP contribution in [0.2, 0.25) is 0 Å². The summed E-state index contributed by atoms with van der Waals surface area (Å²) in [6, 6.07) is 4.54. The number of halogens is 1. The first-order chi connectivity index (χ1) is 9.19. The fourth-order valence-corrected chi connectivity index (χ4v) is 2.88. The highest BCUT2D eigenvalue weighted by Gasteiger charge is 2.22. The van der Waals surface area contributed by atoms with E-state index in [0.717, 1.165) is 0 Å². The van der Waals surface area contributed by atoms with Crippen LogP contribution < -0.4 is 10.5 Å². The Morgan fingerprint density at radius 1 is 1.50 bits per heavy atom. The van der Waals surface area contributed by atoms with Crippen LogP contribution in [-0.4, -0.2) is 36.9 Å². The van der Waals surface area contributed by atoms with E-state index in [1.54, 1.807) is 26.0 Å². The molecule has 0 heterocycles. The topological polar surface area (TPSA) is 108 Å². The zero-order chi connectivity index (χ0) is 15.5. The van der Waals surface area contributed by atoms with Crippen LogP contribution in [-0.2, 0) is 10.2 Å². The minimum Gasteiger partial charge on any atom is -0.409 e. The summed E-state index contributed by atoms with van der Waals surface area (Å²) in [6.07, 6.45) is 0. The van der Waals surface area contributed by atoms with Gasteiger partial charge in [-0.1, -0.05) is 21.1 Å². The average Bonchev–Trinajstić information content (AvgIpc) is 2.38. The van der Waals surface area contributed by atoms with Crippen molar-refractivity contribution in [1.82, 2.24) is 4.31 Å². The Hall–Kier alpha value is -1.32. The predicted octanol–water partition coefficient (Wildman–Crippen LogP) is 1.54. The highest BCUT2D eigenvalue weighted by Crippen LogP contribution is 2.22. The van der Waals surface area contributed by atoms with Crippen molar-refractivity contribution in [1.29, 1.82) is 0 Å². The SMILES string of the molecule is CC(C)N(C)S(=O)(=O)Nc1ccc(Br)cc1/C(N)=N/O. The molecule has 0 fully saturated rings. The number of rotatable bonds is 5. The molecule has 20 heavy (non-hydrogen) atoms. The van der Waals surface area contributed by atoms with Gasteiger partial charge in [-0.05, 0) is 32.0 Å². The molecule has 0 atom stereocenters. The first-order valence-corrected chi connectivity index (χ1v) is 7.95. The van der Waals surface area contributed by atoms with Crippen LogP contribution in [0.15, 0.2) is 27.8 Å². The van der Waals surface area contributed by atoms with E-state index in [-0.39, 0.29) is 23.1 Å². The van der Waals surface area contributed by atoms with Gasteiger partial charge >= 0.3 is 10.2 Å². The average molecular weight is 365 g/mol. The lowest BCUT2D eigenvalue weighted by Gasteiger charge is -2.22. The standard InChI is InChI=1S/C11H17BrN4O3S/c1-7(2)16(3)20(18,19)15-10-5-4-8(12)6-9(10)11(13)14-17/h4-7,15,17H,1-3H3,(H2,13,14). The Kier molecular flexibility index (Phi) is 5.37. The van der Waals surface area contributed by atoms with Crippen molar-refractivity contribution >= 4 is 37.7 Å². The molecule has 0 radical (unpaired) electrons. The van der Waals surface area contributed by atoms with E-state index < -0.39 is 10.2 Å². The fourth-order valence-electron chi connectivity index (χ4n) is 1.36. The number of nitrogens with zero attached hydrogens (tertiary/aromatic N) is 2. The van der Waals surface area contributed by atoms with Crippen molar-refractivity contribution in [2.75, 3.05) is 11.8 Å². The first kappa shape index (κ1) is 16.7. The van der Waals surface area contributed by atoms with E-state index in [4.69, 9.17) is 10.9 Å². The van der Waals surface area contributed by atoms with Gasteiger partial charge in [0.15, 0.2) is 5.84 Å². The molecule has 0 aliphatic heterocycles. The molecule has 0 bridgehead atoms. The minimum atomic E-state index is -3.71. The lowest BCUT2D eigenvalue weighted by Crippen LogP contribution is -2.37. The van der Waals surface area contributed by atoms with Crippen molar-refractivity contribution < 1.29 is 13.6 Å². The summed E-state index contributed by atoms with van der Waals surface area (Å²) in [6.45, 7) is 3.51. The molecule has 1 aromatic carbocycles. The second-order valence-corrected chi connectivity index (χ2v) is 7.04. The third kappa shape index (κ3) is 3.84. The van der Waals surface area contributed by atoms with Crippen LogP contribution in [0, 0.1) is 0 Å². The van der Waals surface area contributed by atoms with Crippen molar-refractivity contribution in [3.8, 4) is 0 Å². The molecular formula is C11H17BrN4O3S. The number of oxime groups is 1. The van der Waals surface area contributed by atoms with E-state index in [0.29, 0.717) is 4.47 Å². The molecule has 0 unspecified atom stereocenters. The van der Waals surface area contributed by atoms with Crippen LogP contribution in [0.5, 0.6) is 0 Å². The number of nitrogens with two attached hydrogens (primary N) is 1. The summed E-state index contributed by atoms with van der Waals surface area (Å²) in [4.78, 5) is 0. The van der Waals surface area contributed by atoms with E-state index >= 15 is 0 Å². The molecule has 0 amide bonds. The van der Waals surface area contributed by atoms with Gasteiger partial charge in [-0.15, -0.1) is 0 Å². The Balaban J connectivity index is 3.22. The van der Waals surface area contributed by atoms with Crippen LogP contribution in [0.1, 0.15) is 19.4 Å². The molecule has 0 saturated carbocycles. The van der Waals surface area contributed by atoms with Gasteiger partial charge in [0.25, 0.3) is 0 Å². The fraction of sp³-hybridized carbons (Fsp3) is 0.364. The van der Waals surface area contributed by atoms with Gasteiger partial charge in [0.1, 0.15) is 0 Å². The maximum Gasteiger partial charge on any atom is 0.301 e. The molecule has 0 saturated heterocycles. The summed E-state index contributed by atoms with van der Waals surface area (Å²) in [5, 5.41) is 11.7. The Morgan fingerprint density at radius 3 is 2.60 bits per heavy atom. The Labute approximate surface area is 126 Å². The third-order valence-electron chi connectivity index (χ3n) is 2.71. The monoisotopic (exact) mass is 364 g/mol. The van der Waals surface area contributed by atoms with E-state index in [1.807, 2.05) is 0 Å². The number of hydrogen-bond acceptors (Lipinski definition) is 4.